The van der Waals surface area contributed by atoms with Gasteiger partial charge in [0.05, 0.1) is 17.3 Å². The molecule has 0 unspecified atom stereocenters. The molecule has 0 atom stereocenters. The van der Waals surface area contributed by atoms with Crippen LogP contribution in [0.4, 0.5) is 5.69 Å². The summed E-state index contributed by atoms with van der Waals surface area (Å²) >= 11 is 6.08. The van der Waals surface area contributed by atoms with Gasteiger partial charge in [-0.25, -0.2) is 0 Å². The topological polar surface area (TPSA) is 70.7 Å². The number of nitrogens with one attached hydrogen (secondary N) is 1. The van der Waals surface area contributed by atoms with Gasteiger partial charge in [-0.3, -0.25) is 9.48 Å². The molecular formula is C15H13ClN4O. The molecular weight excluding hydrogens is 288 g/mol. The van der Waals surface area contributed by atoms with Crippen molar-refractivity contribution in [2.24, 2.45) is 7.05 Å². The van der Waals surface area contributed by atoms with Crippen LogP contribution in [0.3, 0.4) is 0 Å². The highest BCUT2D eigenvalue weighted by Gasteiger charge is 2.08. The number of carbonyl (C=O) groups excluding carboxylic acids is 1. The molecule has 1 N–H and O–H groups in total. The first kappa shape index (κ1) is 14.8. The molecule has 0 radical (unpaired) electrons. The summed E-state index contributed by atoms with van der Waals surface area (Å²) in [4.78, 5) is 11.8. The van der Waals surface area contributed by atoms with Crippen molar-refractivity contribution in [3.8, 4) is 6.07 Å². The van der Waals surface area contributed by atoms with Gasteiger partial charge in [0.1, 0.15) is 5.15 Å². The van der Waals surface area contributed by atoms with Gasteiger partial charge in [-0.15, -0.1) is 0 Å². The van der Waals surface area contributed by atoms with Crippen molar-refractivity contribution in [1.82, 2.24) is 9.78 Å². The Morgan fingerprint density at radius 2 is 2.10 bits per heavy atom. The Kier molecular flexibility index (Phi) is 4.41. The number of benzene rings is 1. The van der Waals surface area contributed by atoms with E-state index in [9.17, 15) is 4.79 Å². The van der Waals surface area contributed by atoms with Crippen molar-refractivity contribution in [3.63, 3.8) is 0 Å². The lowest BCUT2D eigenvalue weighted by atomic mass is 10.2. The molecule has 0 aliphatic carbocycles. The van der Waals surface area contributed by atoms with Crippen LogP contribution in [0.1, 0.15) is 16.8 Å². The molecule has 0 spiro atoms. The van der Waals surface area contributed by atoms with Crippen LogP contribution in [0.25, 0.3) is 6.08 Å². The minimum absolute atomic E-state index is 0.279. The predicted molar refractivity (Wildman–Crippen MR) is 81.8 cm³/mol. The third-order valence-electron chi connectivity index (χ3n) is 2.88. The fourth-order valence-corrected chi connectivity index (χ4v) is 2.04. The lowest BCUT2D eigenvalue weighted by Gasteiger charge is -2.01. The van der Waals surface area contributed by atoms with Gasteiger partial charge < -0.3 is 5.32 Å². The lowest BCUT2D eigenvalue weighted by molar-refractivity contribution is -0.111. The van der Waals surface area contributed by atoms with E-state index in [1.54, 1.807) is 42.1 Å². The van der Waals surface area contributed by atoms with Crippen LogP contribution in [-0.2, 0) is 11.8 Å². The molecule has 0 saturated carbocycles. The van der Waals surface area contributed by atoms with E-state index >= 15 is 0 Å². The fraction of sp³-hybridized carbons (Fsp3) is 0.133. The van der Waals surface area contributed by atoms with E-state index in [-0.39, 0.29) is 5.91 Å². The number of carbonyl (C=O) groups is 1. The van der Waals surface area contributed by atoms with Gasteiger partial charge in [0, 0.05) is 24.4 Å². The molecule has 0 fully saturated rings. The zero-order chi connectivity index (χ0) is 15.4. The Morgan fingerprint density at radius 1 is 1.43 bits per heavy atom. The molecule has 6 heteroatoms. The molecule has 0 aliphatic heterocycles. The van der Waals surface area contributed by atoms with Crippen LogP contribution in [0.5, 0.6) is 0 Å². The predicted octanol–water partition coefficient (Wildman–Crippen LogP) is 2.91. The average Bonchev–Trinajstić information content (AvgIpc) is 2.71. The largest absolute Gasteiger partial charge is 0.323 e. The summed E-state index contributed by atoms with van der Waals surface area (Å²) in [6.07, 6.45) is 3.03. The Labute approximate surface area is 127 Å². The minimum atomic E-state index is -0.279. The van der Waals surface area contributed by atoms with Crippen LogP contribution < -0.4 is 5.32 Å². The van der Waals surface area contributed by atoms with Gasteiger partial charge in [0.15, 0.2) is 0 Å². The summed E-state index contributed by atoms with van der Waals surface area (Å²) in [5.74, 6) is -0.279. The Hall–Kier alpha value is -2.58. The Balaban J connectivity index is 2.07. The molecule has 5 nitrogen and oxygen atoms in total. The number of aromatic nitrogens is 2. The second kappa shape index (κ2) is 6.25. The number of hydrogen-bond acceptors (Lipinski definition) is 3. The Bertz CT molecular complexity index is 738. The maximum absolute atomic E-state index is 11.8. The molecule has 1 aromatic carbocycles. The number of nitrogens with zero attached hydrogens (tertiary/aromatic N) is 3. The monoisotopic (exact) mass is 300 g/mol. The Morgan fingerprint density at radius 3 is 2.62 bits per heavy atom. The smallest absolute Gasteiger partial charge is 0.248 e. The maximum Gasteiger partial charge on any atom is 0.248 e. The van der Waals surface area contributed by atoms with Crippen LogP contribution in [0.15, 0.2) is 30.3 Å². The highest BCUT2D eigenvalue weighted by molar-refractivity contribution is 6.31. The molecule has 2 rings (SSSR count). The zero-order valence-electron chi connectivity index (χ0n) is 11.6. The van der Waals surface area contributed by atoms with E-state index in [2.05, 4.69) is 10.4 Å². The van der Waals surface area contributed by atoms with E-state index in [1.807, 2.05) is 13.0 Å². The summed E-state index contributed by atoms with van der Waals surface area (Å²) in [6.45, 7) is 1.82. The van der Waals surface area contributed by atoms with Gasteiger partial charge in [-0.1, -0.05) is 11.6 Å². The number of halogens is 1. The molecule has 1 amide bonds. The molecule has 0 saturated heterocycles. The molecule has 0 aliphatic rings. The third-order valence-corrected chi connectivity index (χ3v) is 3.33. The normalized spacial score (nSPS) is 10.6. The summed E-state index contributed by atoms with van der Waals surface area (Å²) in [6, 6.07) is 8.65. The first-order chi connectivity index (χ1) is 10.0. The van der Waals surface area contributed by atoms with Crippen molar-refractivity contribution in [2.45, 2.75) is 6.92 Å². The number of rotatable bonds is 3. The highest BCUT2D eigenvalue weighted by Crippen LogP contribution is 2.20. The van der Waals surface area contributed by atoms with E-state index in [0.717, 1.165) is 5.69 Å². The highest BCUT2D eigenvalue weighted by atomic mass is 35.5. The van der Waals surface area contributed by atoms with Gasteiger partial charge in [-0.2, -0.15) is 10.4 Å². The van der Waals surface area contributed by atoms with Crippen LogP contribution in [0.2, 0.25) is 5.15 Å². The molecule has 21 heavy (non-hydrogen) atoms. The summed E-state index contributed by atoms with van der Waals surface area (Å²) < 4.78 is 1.55. The molecule has 2 aromatic rings. The van der Waals surface area contributed by atoms with Gasteiger partial charge in [0.25, 0.3) is 0 Å². The second-order valence-electron chi connectivity index (χ2n) is 4.43. The summed E-state index contributed by atoms with van der Waals surface area (Å²) in [5, 5.41) is 16.1. The van der Waals surface area contributed by atoms with Gasteiger partial charge in [0.2, 0.25) is 5.91 Å². The molecule has 106 valence electrons. The number of hydrogen-bond donors (Lipinski definition) is 1. The van der Waals surface area contributed by atoms with Crippen molar-refractivity contribution >= 4 is 29.3 Å². The minimum Gasteiger partial charge on any atom is -0.323 e. The standard InChI is InChI=1S/C15H13ClN4O/c1-10-13(15(16)20(2)19-10)7-8-14(21)18-12-5-3-11(9-17)4-6-12/h3-8H,1-2H3,(H,18,21)/b8-7+. The van der Waals surface area contributed by atoms with Gasteiger partial charge >= 0.3 is 0 Å². The van der Waals surface area contributed by atoms with Crippen LogP contribution in [0, 0.1) is 18.3 Å². The number of anilines is 1. The van der Waals surface area contributed by atoms with Crippen LogP contribution in [-0.4, -0.2) is 15.7 Å². The van der Waals surface area contributed by atoms with Crippen molar-refractivity contribution < 1.29 is 4.79 Å². The van der Waals surface area contributed by atoms with Crippen molar-refractivity contribution in [3.05, 3.63) is 52.3 Å². The zero-order valence-corrected chi connectivity index (χ0v) is 12.3. The first-order valence-electron chi connectivity index (χ1n) is 6.19. The SMILES string of the molecule is Cc1nn(C)c(Cl)c1/C=C/C(=O)Nc1ccc(C#N)cc1. The summed E-state index contributed by atoms with van der Waals surface area (Å²) in [5.41, 5.74) is 2.64. The van der Waals surface area contributed by atoms with Crippen LogP contribution >= 0.6 is 11.6 Å². The number of amides is 1. The summed E-state index contributed by atoms with van der Waals surface area (Å²) in [7, 11) is 1.74. The second-order valence-corrected chi connectivity index (χ2v) is 4.78. The van der Waals surface area contributed by atoms with E-state index in [1.165, 1.54) is 6.08 Å². The maximum atomic E-state index is 11.8. The quantitative estimate of drug-likeness (QED) is 0.886. The average molecular weight is 301 g/mol. The van der Waals surface area contributed by atoms with Crippen molar-refractivity contribution in [1.29, 1.82) is 5.26 Å². The third kappa shape index (κ3) is 3.50. The fourth-order valence-electron chi connectivity index (χ4n) is 1.81. The first-order valence-corrected chi connectivity index (χ1v) is 6.57. The molecule has 1 heterocycles. The van der Waals surface area contributed by atoms with Crippen molar-refractivity contribution in [2.75, 3.05) is 5.32 Å². The van der Waals surface area contributed by atoms with E-state index in [4.69, 9.17) is 16.9 Å². The van der Waals surface area contributed by atoms with E-state index in [0.29, 0.717) is 22.0 Å². The molecule has 0 bridgehead atoms. The number of aryl methyl sites for hydroxylation is 2. The van der Waals surface area contributed by atoms with E-state index < -0.39 is 0 Å². The lowest BCUT2D eigenvalue weighted by Crippen LogP contribution is -2.07. The number of nitriles is 1. The molecule has 1 aromatic heterocycles. The van der Waals surface area contributed by atoms with Gasteiger partial charge in [-0.05, 0) is 37.3 Å².